The van der Waals surface area contributed by atoms with Crippen molar-refractivity contribution < 1.29 is 9.32 Å². The van der Waals surface area contributed by atoms with Crippen LogP contribution in [0.15, 0.2) is 10.6 Å². The van der Waals surface area contributed by atoms with Crippen molar-refractivity contribution >= 4 is 24.2 Å². The summed E-state index contributed by atoms with van der Waals surface area (Å²) in [5.74, 6) is 0.309. The van der Waals surface area contributed by atoms with Crippen LogP contribution in [0.3, 0.4) is 0 Å². The van der Waals surface area contributed by atoms with E-state index >= 15 is 0 Å². The third kappa shape index (κ3) is 4.47. The van der Waals surface area contributed by atoms with Gasteiger partial charge in [-0.3, -0.25) is 15.0 Å². The summed E-state index contributed by atoms with van der Waals surface area (Å²) in [5, 5.41) is 6.69. The lowest BCUT2D eigenvalue weighted by Crippen LogP contribution is -2.33. The van der Waals surface area contributed by atoms with E-state index in [0.717, 1.165) is 25.2 Å². The Morgan fingerprint density at radius 3 is 2.80 bits per heavy atom. The van der Waals surface area contributed by atoms with Crippen LogP contribution in [0.4, 0.5) is 5.88 Å². The van der Waals surface area contributed by atoms with Gasteiger partial charge in [0.05, 0.1) is 12.2 Å². The lowest BCUT2D eigenvalue weighted by Gasteiger charge is -2.13. The molecule has 6 nitrogen and oxygen atoms in total. The normalized spacial score (nSPS) is 19.7. The van der Waals surface area contributed by atoms with Crippen LogP contribution >= 0.6 is 12.4 Å². The predicted molar refractivity (Wildman–Crippen MR) is 80.1 cm³/mol. The van der Waals surface area contributed by atoms with E-state index in [0.29, 0.717) is 12.4 Å². The van der Waals surface area contributed by atoms with Crippen molar-refractivity contribution in [2.75, 3.05) is 25.0 Å². The molecule has 2 rings (SSSR count). The Bertz CT molecular complexity index is 455. The Hall–Kier alpha value is -1.11. The SMILES string of the molecule is CC(C)(C)c1cc(NC(=O)CN2CC[C@@H](N)C2)on1.Cl. The molecule has 1 aliphatic rings. The highest BCUT2D eigenvalue weighted by molar-refractivity contribution is 5.91. The number of aromatic nitrogens is 1. The number of carbonyl (C=O) groups excluding carboxylic acids is 1. The number of nitrogens with zero attached hydrogens (tertiary/aromatic N) is 2. The number of amides is 1. The molecule has 20 heavy (non-hydrogen) atoms. The fourth-order valence-corrected chi connectivity index (χ4v) is 2.07. The Morgan fingerprint density at radius 2 is 2.30 bits per heavy atom. The highest BCUT2D eigenvalue weighted by atomic mass is 35.5. The second-order valence-corrected chi connectivity index (χ2v) is 6.16. The number of anilines is 1. The highest BCUT2D eigenvalue weighted by Gasteiger charge is 2.23. The summed E-state index contributed by atoms with van der Waals surface area (Å²) in [6.07, 6.45) is 0.948. The van der Waals surface area contributed by atoms with Gasteiger partial charge < -0.3 is 10.3 Å². The minimum absolute atomic E-state index is 0. The molecular weight excluding hydrogens is 280 g/mol. The van der Waals surface area contributed by atoms with Crippen molar-refractivity contribution in [3.05, 3.63) is 11.8 Å². The van der Waals surface area contributed by atoms with Crippen molar-refractivity contribution in [3.8, 4) is 0 Å². The Morgan fingerprint density at radius 1 is 1.60 bits per heavy atom. The fourth-order valence-electron chi connectivity index (χ4n) is 2.07. The summed E-state index contributed by atoms with van der Waals surface area (Å²) >= 11 is 0. The van der Waals surface area contributed by atoms with E-state index in [1.165, 1.54) is 0 Å². The molecule has 1 saturated heterocycles. The molecule has 7 heteroatoms. The van der Waals surface area contributed by atoms with Gasteiger partial charge in [-0.05, 0) is 6.42 Å². The summed E-state index contributed by atoms with van der Waals surface area (Å²) in [7, 11) is 0. The van der Waals surface area contributed by atoms with Gasteiger partial charge in [0.2, 0.25) is 11.8 Å². The van der Waals surface area contributed by atoms with Gasteiger partial charge in [-0.2, -0.15) is 0 Å². The molecule has 1 aromatic rings. The third-order valence-electron chi connectivity index (χ3n) is 3.22. The minimum atomic E-state index is -0.0919. The summed E-state index contributed by atoms with van der Waals surface area (Å²) < 4.78 is 5.12. The van der Waals surface area contributed by atoms with Gasteiger partial charge in [-0.15, -0.1) is 12.4 Å². The maximum atomic E-state index is 11.9. The molecule has 1 fully saturated rings. The molecule has 0 spiro atoms. The lowest BCUT2D eigenvalue weighted by molar-refractivity contribution is -0.117. The summed E-state index contributed by atoms with van der Waals surface area (Å²) in [6.45, 7) is 8.13. The van der Waals surface area contributed by atoms with Gasteiger partial charge in [-0.25, -0.2) is 0 Å². The topological polar surface area (TPSA) is 84.4 Å². The van der Waals surface area contributed by atoms with E-state index in [9.17, 15) is 4.79 Å². The second kappa shape index (κ2) is 6.56. The summed E-state index contributed by atoms with van der Waals surface area (Å²) in [5.41, 5.74) is 6.54. The van der Waals surface area contributed by atoms with Crippen LogP contribution in [0.5, 0.6) is 0 Å². The molecule has 1 aliphatic heterocycles. The molecule has 0 unspecified atom stereocenters. The molecule has 2 heterocycles. The molecule has 1 amide bonds. The first kappa shape index (κ1) is 16.9. The summed E-state index contributed by atoms with van der Waals surface area (Å²) in [4.78, 5) is 13.9. The first-order chi connectivity index (χ1) is 8.84. The zero-order valence-corrected chi connectivity index (χ0v) is 13.0. The van der Waals surface area contributed by atoms with Crippen molar-refractivity contribution in [1.29, 1.82) is 0 Å². The molecule has 0 aromatic carbocycles. The molecule has 3 N–H and O–H groups in total. The van der Waals surface area contributed by atoms with Gasteiger partial charge in [0.1, 0.15) is 0 Å². The average Bonchev–Trinajstić information content (AvgIpc) is 2.87. The lowest BCUT2D eigenvalue weighted by atomic mass is 9.92. The number of rotatable bonds is 3. The number of nitrogens with two attached hydrogens (primary N) is 1. The highest BCUT2D eigenvalue weighted by Crippen LogP contribution is 2.23. The Balaban J connectivity index is 0.00000200. The van der Waals surface area contributed by atoms with Crippen LogP contribution in [0, 0.1) is 0 Å². The number of halogens is 1. The summed E-state index contributed by atoms with van der Waals surface area (Å²) in [6, 6.07) is 1.96. The predicted octanol–water partition coefficient (Wildman–Crippen LogP) is 1.37. The van der Waals surface area contributed by atoms with Crippen LogP contribution < -0.4 is 11.1 Å². The van der Waals surface area contributed by atoms with E-state index in [-0.39, 0.29) is 29.8 Å². The Kier molecular flexibility index (Phi) is 5.56. The zero-order chi connectivity index (χ0) is 14.0. The van der Waals surface area contributed by atoms with E-state index in [2.05, 4.69) is 10.5 Å². The molecule has 0 saturated carbocycles. The Labute approximate surface area is 125 Å². The van der Waals surface area contributed by atoms with Crippen molar-refractivity contribution in [2.45, 2.75) is 38.6 Å². The molecule has 1 aromatic heterocycles. The van der Waals surface area contributed by atoms with Crippen molar-refractivity contribution in [1.82, 2.24) is 10.1 Å². The maximum Gasteiger partial charge on any atom is 0.240 e. The molecule has 114 valence electrons. The van der Waals surface area contributed by atoms with Crippen LogP contribution in [-0.4, -0.2) is 41.6 Å². The molecule has 1 atom stereocenters. The standard InChI is InChI=1S/C13H22N4O2.ClH/c1-13(2,3)10-6-12(19-16-10)15-11(18)8-17-5-4-9(14)7-17;/h6,9H,4-5,7-8,14H2,1-3H3,(H,15,18);1H/t9-;/m1./s1. The molecule has 0 aliphatic carbocycles. The number of hydrogen-bond acceptors (Lipinski definition) is 5. The van der Waals surface area contributed by atoms with Crippen LogP contribution in [-0.2, 0) is 10.2 Å². The van der Waals surface area contributed by atoms with Crippen molar-refractivity contribution in [3.63, 3.8) is 0 Å². The van der Waals surface area contributed by atoms with E-state index < -0.39 is 0 Å². The minimum Gasteiger partial charge on any atom is -0.338 e. The van der Waals surface area contributed by atoms with E-state index in [1.807, 2.05) is 25.7 Å². The third-order valence-corrected chi connectivity index (χ3v) is 3.22. The number of hydrogen-bond donors (Lipinski definition) is 2. The largest absolute Gasteiger partial charge is 0.338 e. The second-order valence-electron chi connectivity index (χ2n) is 6.16. The zero-order valence-electron chi connectivity index (χ0n) is 12.2. The first-order valence-corrected chi connectivity index (χ1v) is 6.59. The van der Waals surface area contributed by atoms with E-state index in [4.69, 9.17) is 10.3 Å². The van der Waals surface area contributed by atoms with Crippen molar-refractivity contribution in [2.24, 2.45) is 5.73 Å². The quantitative estimate of drug-likeness (QED) is 0.881. The molecular formula is C13H23ClN4O2. The first-order valence-electron chi connectivity index (χ1n) is 6.59. The smallest absolute Gasteiger partial charge is 0.240 e. The monoisotopic (exact) mass is 302 g/mol. The van der Waals surface area contributed by atoms with Crippen LogP contribution in [0.25, 0.3) is 0 Å². The fraction of sp³-hybridized carbons (Fsp3) is 0.692. The van der Waals surface area contributed by atoms with E-state index in [1.54, 1.807) is 6.07 Å². The van der Waals surface area contributed by atoms with Gasteiger partial charge in [0, 0.05) is 30.6 Å². The van der Waals surface area contributed by atoms with Gasteiger partial charge in [-0.1, -0.05) is 25.9 Å². The molecule has 0 bridgehead atoms. The number of likely N-dealkylation sites (tertiary alicyclic amines) is 1. The van der Waals surface area contributed by atoms with Gasteiger partial charge in [0.25, 0.3) is 0 Å². The molecule has 0 radical (unpaired) electrons. The average molecular weight is 303 g/mol. The number of carbonyl (C=O) groups is 1. The number of nitrogens with one attached hydrogen (secondary N) is 1. The van der Waals surface area contributed by atoms with Gasteiger partial charge in [0.15, 0.2) is 0 Å². The maximum absolute atomic E-state index is 11.9. The van der Waals surface area contributed by atoms with Crippen LogP contribution in [0.2, 0.25) is 0 Å². The van der Waals surface area contributed by atoms with Gasteiger partial charge >= 0.3 is 0 Å². The van der Waals surface area contributed by atoms with Crippen LogP contribution in [0.1, 0.15) is 32.9 Å².